The lowest BCUT2D eigenvalue weighted by Gasteiger charge is -2.36. The first-order valence-electron chi connectivity index (χ1n) is 6.92. The SMILES string of the molecule is CC[C@@H]1COCCN1c1ccc2c(n1)CCNC2. The summed E-state index contributed by atoms with van der Waals surface area (Å²) in [7, 11) is 0. The molecule has 0 amide bonds. The highest BCUT2D eigenvalue weighted by molar-refractivity contribution is 5.44. The largest absolute Gasteiger partial charge is 0.377 e. The highest BCUT2D eigenvalue weighted by Gasteiger charge is 2.23. The Morgan fingerprint density at radius 3 is 3.33 bits per heavy atom. The molecule has 2 aliphatic rings. The van der Waals surface area contributed by atoms with Crippen LogP contribution in [0.4, 0.5) is 5.82 Å². The Morgan fingerprint density at radius 2 is 2.44 bits per heavy atom. The van der Waals surface area contributed by atoms with Gasteiger partial charge in [-0.2, -0.15) is 0 Å². The van der Waals surface area contributed by atoms with Crippen molar-refractivity contribution >= 4 is 5.82 Å². The van der Waals surface area contributed by atoms with E-state index in [1.165, 1.54) is 11.3 Å². The van der Waals surface area contributed by atoms with E-state index < -0.39 is 0 Å². The Balaban J connectivity index is 1.86. The molecule has 0 unspecified atom stereocenters. The van der Waals surface area contributed by atoms with Crippen LogP contribution in [0.1, 0.15) is 24.6 Å². The summed E-state index contributed by atoms with van der Waals surface area (Å²) >= 11 is 0. The Morgan fingerprint density at radius 1 is 1.50 bits per heavy atom. The van der Waals surface area contributed by atoms with Crippen molar-refractivity contribution in [2.45, 2.75) is 32.4 Å². The molecule has 98 valence electrons. The topological polar surface area (TPSA) is 37.4 Å². The number of pyridine rings is 1. The molecule has 1 atom stereocenters. The van der Waals surface area contributed by atoms with Gasteiger partial charge >= 0.3 is 0 Å². The van der Waals surface area contributed by atoms with Gasteiger partial charge in [-0.15, -0.1) is 0 Å². The molecular weight excluding hydrogens is 226 g/mol. The maximum Gasteiger partial charge on any atom is 0.129 e. The van der Waals surface area contributed by atoms with Crippen molar-refractivity contribution in [3.63, 3.8) is 0 Å². The van der Waals surface area contributed by atoms with Gasteiger partial charge < -0.3 is 15.0 Å². The van der Waals surface area contributed by atoms with Crippen LogP contribution in [0.5, 0.6) is 0 Å². The number of aromatic nitrogens is 1. The summed E-state index contributed by atoms with van der Waals surface area (Å²) in [4.78, 5) is 7.27. The van der Waals surface area contributed by atoms with E-state index in [4.69, 9.17) is 9.72 Å². The molecule has 1 fully saturated rings. The van der Waals surface area contributed by atoms with Crippen LogP contribution in [0.25, 0.3) is 0 Å². The smallest absolute Gasteiger partial charge is 0.129 e. The van der Waals surface area contributed by atoms with Crippen molar-refractivity contribution in [3.05, 3.63) is 23.4 Å². The zero-order valence-corrected chi connectivity index (χ0v) is 11.0. The molecule has 3 heterocycles. The third-order valence-corrected chi connectivity index (χ3v) is 3.90. The Labute approximate surface area is 108 Å². The molecule has 0 aliphatic carbocycles. The molecule has 0 bridgehead atoms. The summed E-state index contributed by atoms with van der Waals surface area (Å²) in [6.45, 7) is 6.83. The maximum absolute atomic E-state index is 5.56. The van der Waals surface area contributed by atoms with Crippen LogP contribution in [-0.2, 0) is 17.7 Å². The van der Waals surface area contributed by atoms with Crippen LogP contribution in [0.3, 0.4) is 0 Å². The molecule has 2 aliphatic heterocycles. The minimum Gasteiger partial charge on any atom is -0.377 e. The van der Waals surface area contributed by atoms with Gasteiger partial charge in [0.25, 0.3) is 0 Å². The van der Waals surface area contributed by atoms with Crippen LogP contribution in [0.15, 0.2) is 12.1 Å². The van der Waals surface area contributed by atoms with Crippen molar-refractivity contribution in [2.24, 2.45) is 0 Å². The number of rotatable bonds is 2. The van der Waals surface area contributed by atoms with E-state index in [9.17, 15) is 0 Å². The van der Waals surface area contributed by atoms with Crippen LogP contribution >= 0.6 is 0 Å². The predicted molar refractivity (Wildman–Crippen MR) is 71.9 cm³/mol. The van der Waals surface area contributed by atoms with Gasteiger partial charge in [-0.1, -0.05) is 13.0 Å². The standard InChI is InChI=1S/C14H21N3O/c1-2-12-10-18-8-7-17(12)14-4-3-11-9-15-6-5-13(11)16-14/h3-4,12,15H,2,5-10H2,1H3/t12-/m1/s1. The lowest BCUT2D eigenvalue weighted by molar-refractivity contribution is 0.0925. The summed E-state index contributed by atoms with van der Waals surface area (Å²) < 4.78 is 5.56. The van der Waals surface area contributed by atoms with E-state index in [2.05, 4.69) is 29.3 Å². The molecule has 0 saturated carbocycles. The lowest BCUT2D eigenvalue weighted by atomic mass is 10.1. The number of morpholine rings is 1. The van der Waals surface area contributed by atoms with Gasteiger partial charge in [0.15, 0.2) is 0 Å². The van der Waals surface area contributed by atoms with Gasteiger partial charge in [-0.25, -0.2) is 4.98 Å². The number of anilines is 1. The number of hydrogen-bond donors (Lipinski definition) is 1. The molecule has 18 heavy (non-hydrogen) atoms. The first kappa shape index (κ1) is 11.9. The van der Waals surface area contributed by atoms with Crippen molar-refractivity contribution in [1.29, 1.82) is 0 Å². The highest BCUT2D eigenvalue weighted by Crippen LogP contribution is 2.22. The van der Waals surface area contributed by atoms with Gasteiger partial charge in [-0.05, 0) is 18.1 Å². The second kappa shape index (κ2) is 5.24. The Hall–Kier alpha value is -1.13. The fourth-order valence-electron chi connectivity index (χ4n) is 2.78. The van der Waals surface area contributed by atoms with Crippen LogP contribution in [0.2, 0.25) is 0 Å². The molecule has 1 aromatic heterocycles. The number of nitrogens with one attached hydrogen (secondary N) is 1. The van der Waals surface area contributed by atoms with Gasteiger partial charge in [0.1, 0.15) is 5.82 Å². The van der Waals surface area contributed by atoms with E-state index in [1.807, 2.05) is 0 Å². The monoisotopic (exact) mass is 247 g/mol. The molecule has 1 N–H and O–H groups in total. The zero-order chi connectivity index (χ0) is 12.4. The zero-order valence-electron chi connectivity index (χ0n) is 11.0. The first-order valence-corrected chi connectivity index (χ1v) is 6.92. The Bertz CT molecular complexity index is 422. The lowest BCUT2D eigenvalue weighted by Crippen LogP contribution is -2.45. The van der Waals surface area contributed by atoms with Crippen LogP contribution in [-0.4, -0.2) is 37.3 Å². The van der Waals surface area contributed by atoms with Crippen molar-refractivity contribution < 1.29 is 4.74 Å². The fourth-order valence-corrected chi connectivity index (χ4v) is 2.78. The predicted octanol–water partition coefficient (Wildman–Crippen LogP) is 1.34. The van der Waals surface area contributed by atoms with Gasteiger partial charge in [0.2, 0.25) is 0 Å². The second-order valence-corrected chi connectivity index (χ2v) is 5.03. The molecular formula is C14H21N3O. The number of nitrogens with zero attached hydrogens (tertiary/aromatic N) is 2. The van der Waals surface area contributed by atoms with Crippen molar-refractivity contribution in [3.8, 4) is 0 Å². The summed E-state index contributed by atoms with van der Waals surface area (Å²) in [6, 6.07) is 4.87. The molecule has 1 aromatic rings. The molecule has 4 heteroatoms. The summed E-state index contributed by atoms with van der Waals surface area (Å²) in [5.41, 5.74) is 2.62. The van der Waals surface area contributed by atoms with Gasteiger partial charge in [0.05, 0.1) is 19.3 Å². The second-order valence-electron chi connectivity index (χ2n) is 5.03. The highest BCUT2D eigenvalue weighted by atomic mass is 16.5. The van der Waals surface area contributed by atoms with Crippen molar-refractivity contribution in [1.82, 2.24) is 10.3 Å². The molecule has 3 rings (SSSR count). The minimum absolute atomic E-state index is 0.478. The molecule has 0 spiro atoms. The fraction of sp³-hybridized carbons (Fsp3) is 0.643. The summed E-state index contributed by atoms with van der Waals surface area (Å²) in [5, 5.41) is 3.39. The normalized spacial score (nSPS) is 23.8. The number of fused-ring (bicyclic) bond motifs is 1. The van der Waals surface area contributed by atoms with Crippen LogP contribution < -0.4 is 10.2 Å². The van der Waals surface area contributed by atoms with Crippen LogP contribution in [0, 0.1) is 0 Å². The third kappa shape index (κ3) is 2.22. The average molecular weight is 247 g/mol. The van der Waals surface area contributed by atoms with E-state index in [0.29, 0.717) is 6.04 Å². The molecule has 0 aromatic carbocycles. The number of ether oxygens (including phenoxy) is 1. The van der Waals surface area contributed by atoms with Gasteiger partial charge in [0, 0.05) is 31.7 Å². The number of hydrogen-bond acceptors (Lipinski definition) is 4. The Kier molecular flexibility index (Phi) is 3.48. The third-order valence-electron chi connectivity index (χ3n) is 3.90. The maximum atomic E-state index is 5.56. The van der Waals surface area contributed by atoms with E-state index in [-0.39, 0.29) is 0 Å². The summed E-state index contributed by atoms with van der Waals surface area (Å²) in [5.74, 6) is 1.13. The van der Waals surface area contributed by atoms with Gasteiger partial charge in [-0.3, -0.25) is 0 Å². The van der Waals surface area contributed by atoms with E-state index in [0.717, 1.165) is 51.5 Å². The molecule has 4 nitrogen and oxygen atoms in total. The van der Waals surface area contributed by atoms with Crippen molar-refractivity contribution in [2.75, 3.05) is 31.2 Å². The minimum atomic E-state index is 0.478. The molecule has 1 saturated heterocycles. The quantitative estimate of drug-likeness (QED) is 0.856. The molecule has 0 radical (unpaired) electrons. The average Bonchev–Trinajstić information content (AvgIpc) is 2.46. The van der Waals surface area contributed by atoms with E-state index in [1.54, 1.807) is 0 Å². The van der Waals surface area contributed by atoms with E-state index >= 15 is 0 Å². The first-order chi connectivity index (χ1) is 8.88. The summed E-state index contributed by atoms with van der Waals surface area (Å²) in [6.07, 6.45) is 2.16.